The lowest BCUT2D eigenvalue weighted by molar-refractivity contribution is -0.148. The molecule has 2 saturated heterocycles. The molecular formula is C19H28N2O2. The van der Waals surface area contributed by atoms with Crippen LogP contribution in [-0.4, -0.2) is 47.8 Å². The monoisotopic (exact) mass is 316 g/mol. The van der Waals surface area contributed by atoms with Crippen molar-refractivity contribution in [1.29, 1.82) is 0 Å². The molecule has 2 heterocycles. The molecule has 0 N–H and O–H groups in total. The van der Waals surface area contributed by atoms with Gasteiger partial charge in [-0.25, -0.2) is 0 Å². The van der Waals surface area contributed by atoms with Crippen LogP contribution in [0, 0.1) is 23.7 Å². The third-order valence-corrected chi connectivity index (χ3v) is 6.37. The third-order valence-electron chi connectivity index (χ3n) is 6.37. The lowest BCUT2D eigenvalue weighted by Crippen LogP contribution is -2.49. The SMILES string of the molecule is O=C(C1C2C=CC(C2)C1C(=O)N1CCCCC1)N1CCCCC1. The van der Waals surface area contributed by atoms with Crippen molar-refractivity contribution in [2.75, 3.05) is 26.2 Å². The van der Waals surface area contributed by atoms with Crippen molar-refractivity contribution in [3.05, 3.63) is 12.2 Å². The lowest BCUT2D eigenvalue weighted by Gasteiger charge is -2.37. The largest absolute Gasteiger partial charge is 0.342 e. The number of hydrogen-bond donors (Lipinski definition) is 0. The molecule has 2 aliphatic heterocycles. The summed E-state index contributed by atoms with van der Waals surface area (Å²) in [6, 6.07) is 0. The van der Waals surface area contributed by atoms with Gasteiger partial charge in [0.05, 0.1) is 11.8 Å². The Hall–Kier alpha value is -1.32. The fraction of sp³-hybridized carbons (Fsp3) is 0.789. The van der Waals surface area contributed by atoms with Gasteiger partial charge in [-0.2, -0.15) is 0 Å². The van der Waals surface area contributed by atoms with Crippen LogP contribution in [0.4, 0.5) is 0 Å². The standard InChI is InChI=1S/C19H28N2O2/c22-18(20-9-3-1-4-10-20)16-14-7-8-15(13-14)17(16)19(23)21-11-5-2-6-12-21/h7-8,14-17H,1-6,9-13H2. The maximum atomic E-state index is 13.1. The zero-order valence-electron chi connectivity index (χ0n) is 14.0. The molecule has 4 rings (SSSR count). The summed E-state index contributed by atoms with van der Waals surface area (Å²) in [6.45, 7) is 3.56. The van der Waals surface area contributed by atoms with Crippen LogP contribution in [0.25, 0.3) is 0 Å². The van der Waals surface area contributed by atoms with Gasteiger partial charge >= 0.3 is 0 Å². The molecule has 0 radical (unpaired) electrons. The second-order valence-electron chi connectivity index (χ2n) is 7.77. The van der Waals surface area contributed by atoms with Crippen LogP contribution >= 0.6 is 0 Å². The van der Waals surface area contributed by atoms with Gasteiger partial charge < -0.3 is 9.80 Å². The number of fused-ring (bicyclic) bond motifs is 2. The summed E-state index contributed by atoms with van der Waals surface area (Å²) in [4.78, 5) is 30.3. The minimum absolute atomic E-state index is 0.0856. The maximum absolute atomic E-state index is 13.1. The molecule has 2 amide bonds. The van der Waals surface area contributed by atoms with E-state index in [1.807, 2.05) is 9.80 Å². The van der Waals surface area contributed by atoms with Gasteiger partial charge in [0.25, 0.3) is 0 Å². The summed E-state index contributed by atoms with van der Waals surface area (Å²) < 4.78 is 0. The van der Waals surface area contributed by atoms with Crippen LogP contribution in [0.2, 0.25) is 0 Å². The van der Waals surface area contributed by atoms with Crippen LogP contribution in [0.15, 0.2) is 12.2 Å². The number of likely N-dealkylation sites (tertiary alicyclic amines) is 2. The van der Waals surface area contributed by atoms with E-state index >= 15 is 0 Å². The molecule has 4 aliphatic rings. The van der Waals surface area contributed by atoms with Crippen molar-refractivity contribution in [2.24, 2.45) is 23.7 Å². The fourth-order valence-electron chi connectivity index (χ4n) is 5.15. The summed E-state index contributed by atoms with van der Waals surface area (Å²) in [5, 5.41) is 0. The average molecular weight is 316 g/mol. The smallest absolute Gasteiger partial charge is 0.227 e. The average Bonchev–Trinajstić information content (AvgIpc) is 3.23. The Morgan fingerprint density at radius 3 is 1.43 bits per heavy atom. The van der Waals surface area contributed by atoms with Gasteiger partial charge in [0.2, 0.25) is 11.8 Å². The highest BCUT2D eigenvalue weighted by molar-refractivity contribution is 5.90. The minimum atomic E-state index is -0.0856. The summed E-state index contributed by atoms with van der Waals surface area (Å²) in [5.74, 6) is 0.949. The summed E-state index contributed by atoms with van der Waals surface area (Å²) in [6.07, 6.45) is 12.4. The highest BCUT2D eigenvalue weighted by Gasteiger charge is 2.53. The molecule has 0 aromatic heterocycles. The molecule has 4 heteroatoms. The van der Waals surface area contributed by atoms with Crippen molar-refractivity contribution in [2.45, 2.75) is 44.9 Å². The first-order valence-electron chi connectivity index (χ1n) is 9.51. The van der Waals surface area contributed by atoms with Crippen LogP contribution in [0.5, 0.6) is 0 Å². The van der Waals surface area contributed by atoms with Crippen LogP contribution in [0.3, 0.4) is 0 Å². The van der Waals surface area contributed by atoms with Crippen molar-refractivity contribution < 1.29 is 9.59 Å². The van der Waals surface area contributed by atoms with Gasteiger partial charge in [0, 0.05) is 26.2 Å². The Balaban J connectivity index is 1.53. The Kier molecular flexibility index (Phi) is 4.16. The van der Waals surface area contributed by atoms with E-state index < -0.39 is 0 Å². The number of amides is 2. The molecular weight excluding hydrogens is 288 g/mol. The quantitative estimate of drug-likeness (QED) is 0.734. The molecule has 4 unspecified atom stereocenters. The Labute approximate surface area is 138 Å². The maximum Gasteiger partial charge on any atom is 0.227 e. The number of rotatable bonds is 2. The van der Waals surface area contributed by atoms with Gasteiger partial charge in [-0.15, -0.1) is 0 Å². The van der Waals surface area contributed by atoms with E-state index in [2.05, 4.69) is 12.2 Å². The molecule has 4 atom stereocenters. The predicted molar refractivity (Wildman–Crippen MR) is 88.6 cm³/mol. The van der Waals surface area contributed by atoms with E-state index in [0.29, 0.717) is 11.8 Å². The zero-order chi connectivity index (χ0) is 15.8. The summed E-state index contributed by atoms with van der Waals surface area (Å²) in [7, 11) is 0. The predicted octanol–water partition coefficient (Wildman–Crippen LogP) is 2.45. The van der Waals surface area contributed by atoms with Crippen LogP contribution in [-0.2, 0) is 9.59 Å². The Morgan fingerprint density at radius 2 is 1.04 bits per heavy atom. The van der Waals surface area contributed by atoms with E-state index in [4.69, 9.17) is 0 Å². The summed E-state index contributed by atoms with van der Waals surface area (Å²) in [5.41, 5.74) is 0. The summed E-state index contributed by atoms with van der Waals surface area (Å²) >= 11 is 0. The van der Waals surface area contributed by atoms with E-state index in [1.165, 1.54) is 12.8 Å². The number of carbonyl (C=O) groups excluding carboxylic acids is 2. The molecule has 126 valence electrons. The van der Waals surface area contributed by atoms with Crippen molar-refractivity contribution in [3.8, 4) is 0 Å². The topological polar surface area (TPSA) is 40.6 Å². The second-order valence-corrected chi connectivity index (χ2v) is 7.77. The van der Waals surface area contributed by atoms with Crippen molar-refractivity contribution in [3.63, 3.8) is 0 Å². The normalized spacial score (nSPS) is 36.5. The van der Waals surface area contributed by atoms with Gasteiger partial charge in [0.15, 0.2) is 0 Å². The van der Waals surface area contributed by atoms with E-state index in [9.17, 15) is 9.59 Å². The second kappa shape index (κ2) is 6.29. The van der Waals surface area contributed by atoms with Crippen molar-refractivity contribution in [1.82, 2.24) is 9.80 Å². The minimum Gasteiger partial charge on any atom is -0.342 e. The number of nitrogens with zero attached hydrogens (tertiary/aromatic N) is 2. The molecule has 2 aliphatic carbocycles. The first-order chi connectivity index (χ1) is 11.3. The van der Waals surface area contributed by atoms with Gasteiger partial charge in [-0.1, -0.05) is 12.2 Å². The number of hydrogen-bond acceptors (Lipinski definition) is 2. The van der Waals surface area contributed by atoms with Gasteiger partial charge in [0.1, 0.15) is 0 Å². The Bertz CT molecular complexity index is 459. The molecule has 4 nitrogen and oxygen atoms in total. The molecule has 23 heavy (non-hydrogen) atoms. The van der Waals surface area contributed by atoms with Gasteiger partial charge in [-0.05, 0) is 56.8 Å². The molecule has 3 fully saturated rings. The van der Waals surface area contributed by atoms with Crippen LogP contribution < -0.4 is 0 Å². The lowest BCUT2D eigenvalue weighted by atomic mass is 9.80. The number of allylic oxidation sites excluding steroid dienone is 2. The van der Waals surface area contributed by atoms with E-state index in [0.717, 1.165) is 58.3 Å². The zero-order valence-corrected chi connectivity index (χ0v) is 14.0. The highest BCUT2D eigenvalue weighted by Crippen LogP contribution is 2.49. The molecule has 0 spiro atoms. The fourth-order valence-corrected chi connectivity index (χ4v) is 5.15. The van der Waals surface area contributed by atoms with Crippen molar-refractivity contribution >= 4 is 11.8 Å². The van der Waals surface area contributed by atoms with E-state index in [-0.39, 0.29) is 23.7 Å². The molecule has 2 bridgehead atoms. The highest BCUT2D eigenvalue weighted by atomic mass is 16.2. The van der Waals surface area contributed by atoms with Crippen LogP contribution in [0.1, 0.15) is 44.9 Å². The number of carbonyl (C=O) groups is 2. The van der Waals surface area contributed by atoms with Gasteiger partial charge in [-0.3, -0.25) is 9.59 Å². The Morgan fingerprint density at radius 1 is 0.652 bits per heavy atom. The molecule has 0 aromatic carbocycles. The molecule has 0 aromatic rings. The first-order valence-corrected chi connectivity index (χ1v) is 9.51. The number of piperidine rings is 2. The first kappa shape index (κ1) is 15.2. The third kappa shape index (κ3) is 2.70. The van der Waals surface area contributed by atoms with E-state index in [1.54, 1.807) is 0 Å². The molecule has 1 saturated carbocycles.